The molecule has 2 N–H and O–H groups in total. The number of hydrogen-bond acceptors (Lipinski definition) is 6. The molecular weight excluding hydrogens is 278 g/mol. The molecule has 19 heavy (non-hydrogen) atoms. The Morgan fingerprint density at radius 1 is 1.32 bits per heavy atom. The van der Waals surface area contributed by atoms with Crippen LogP contribution in [0.3, 0.4) is 0 Å². The molecule has 0 aliphatic carbocycles. The number of nitrogens with one attached hydrogen (secondary N) is 2. The Morgan fingerprint density at radius 2 is 2.21 bits per heavy atom. The zero-order valence-corrected chi connectivity index (χ0v) is 12.9. The van der Waals surface area contributed by atoms with Crippen LogP contribution < -0.4 is 5.32 Å². The quantitative estimate of drug-likeness (QED) is 0.443. The molecular formula is C12H19N5S2. The monoisotopic (exact) mass is 297 g/mol. The van der Waals surface area contributed by atoms with E-state index in [1.165, 1.54) is 12.8 Å². The number of aromatic nitrogens is 4. The Kier molecular flexibility index (Phi) is 5.78. The lowest BCUT2D eigenvalue weighted by Crippen LogP contribution is -2.07. The van der Waals surface area contributed by atoms with Crippen LogP contribution in [0.2, 0.25) is 0 Å². The molecule has 0 radical (unpaired) electrons. The van der Waals surface area contributed by atoms with E-state index in [1.54, 1.807) is 18.1 Å². The van der Waals surface area contributed by atoms with E-state index in [4.69, 9.17) is 0 Å². The number of nitrogens with zero attached hydrogens (tertiary/aromatic N) is 3. The first kappa shape index (κ1) is 14.5. The lowest BCUT2D eigenvalue weighted by molar-refractivity contribution is 0.890. The molecule has 7 heteroatoms. The first-order chi connectivity index (χ1) is 9.35. The molecule has 0 aliphatic rings. The van der Waals surface area contributed by atoms with Crippen LogP contribution in [0.1, 0.15) is 19.8 Å². The minimum atomic E-state index is 0.737. The second-order valence-electron chi connectivity index (χ2n) is 4.08. The van der Waals surface area contributed by atoms with Crippen molar-refractivity contribution in [2.45, 2.75) is 24.9 Å². The van der Waals surface area contributed by atoms with Gasteiger partial charge < -0.3 is 10.3 Å². The third kappa shape index (κ3) is 4.01. The number of fused-ring (bicyclic) bond motifs is 1. The van der Waals surface area contributed by atoms with Crippen LogP contribution in [-0.2, 0) is 0 Å². The van der Waals surface area contributed by atoms with Crippen LogP contribution in [0.25, 0.3) is 11.2 Å². The fourth-order valence-electron chi connectivity index (χ4n) is 1.58. The molecule has 2 heterocycles. The SMILES string of the molecule is CCCCSc1nc(NCCSC)c2[nH]cnc2n1. The molecule has 2 aromatic rings. The van der Waals surface area contributed by atoms with Crippen molar-refractivity contribution in [3.8, 4) is 0 Å². The second kappa shape index (κ2) is 7.59. The maximum absolute atomic E-state index is 4.58. The number of aromatic amines is 1. The first-order valence-electron chi connectivity index (χ1n) is 6.42. The topological polar surface area (TPSA) is 66.5 Å². The number of hydrogen-bond donors (Lipinski definition) is 2. The van der Waals surface area contributed by atoms with Gasteiger partial charge in [-0.25, -0.2) is 15.0 Å². The Bertz CT molecular complexity index is 514. The van der Waals surface area contributed by atoms with Crippen molar-refractivity contribution in [3.63, 3.8) is 0 Å². The summed E-state index contributed by atoms with van der Waals surface area (Å²) in [5.41, 5.74) is 1.63. The Hall–Kier alpha value is -0.950. The minimum absolute atomic E-state index is 0.737. The Labute approximate surface area is 121 Å². The van der Waals surface area contributed by atoms with E-state index >= 15 is 0 Å². The maximum Gasteiger partial charge on any atom is 0.191 e. The van der Waals surface area contributed by atoms with Gasteiger partial charge in [0.25, 0.3) is 0 Å². The minimum Gasteiger partial charge on any atom is -0.367 e. The van der Waals surface area contributed by atoms with Crippen LogP contribution >= 0.6 is 23.5 Å². The molecule has 0 saturated carbocycles. The van der Waals surface area contributed by atoms with Crippen molar-refractivity contribution < 1.29 is 0 Å². The predicted octanol–water partition coefficient (Wildman–Crippen LogP) is 3.02. The average molecular weight is 297 g/mol. The standard InChI is InChI=1S/C12H19N5S2/c1-3-4-6-19-12-16-10(13-5-7-18-2)9-11(17-12)15-8-14-9/h8H,3-7H2,1-2H3,(H2,13,14,15,16,17). The van der Waals surface area contributed by atoms with Gasteiger partial charge in [-0.3, -0.25) is 0 Å². The Balaban J connectivity index is 2.14. The van der Waals surface area contributed by atoms with Crippen molar-refractivity contribution in [1.29, 1.82) is 0 Å². The molecule has 2 aromatic heterocycles. The van der Waals surface area contributed by atoms with Gasteiger partial charge in [0.15, 0.2) is 16.6 Å². The van der Waals surface area contributed by atoms with E-state index in [1.807, 2.05) is 11.8 Å². The summed E-state index contributed by atoms with van der Waals surface area (Å²) < 4.78 is 0. The van der Waals surface area contributed by atoms with Crippen molar-refractivity contribution in [3.05, 3.63) is 6.33 Å². The molecule has 0 aliphatic heterocycles. The molecule has 0 unspecified atom stereocenters. The summed E-state index contributed by atoms with van der Waals surface area (Å²) in [4.78, 5) is 16.4. The Morgan fingerprint density at radius 3 is 3.00 bits per heavy atom. The molecule has 0 aromatic carbocycles. The highest BCUT2D eigenvalue weighted by molar-refractivity contribution is 7.99. The number of anilines is 1. The van der Waals surface area contributed by atoms with E-state index in [2.05, 4.69) is 38.4 Å². The third-order valence-corrected chi connectivity index (χ3v) is 4.14. The predicted molar refractivity (Wildman–Crippen MR) is 84.2 cm³/mol. The van der Waals surface area contributed by atoms with E-state index in [9.17, 15) is 0 Å². The van der Waals surface area contributed by atoms with E-state index in [0.29, 0.717) is 0 Å². The van der Waals surface area contributed by atoms with Crippen LogP contribution in [0.4, 0.5) is 5.82 Å². The highest BCUT2D eigenvalue weighted by Crippen LogP contribution is 2.22. The molecule has 0 amide bonds. The lowest BCUT2D eigenvalue weighted by atomic mass is 10.4. The largest absolute Gasteiger partial charge is 0.367 e. The van der Waals surface area contributed by atoms with Crippen molar-refractivity contribution >= 4 is 40.5 Å². The van der Waals surface area contributed by atoms with E-state index in [0.717, 1.165) is 40.2 Å². The van der Waals surface area contributed by atoms with Gasteiger partial charge in [-0.15, -0.1) is 0 Å². The smallest absolute Gasteiger partial charge is 0.191 e. The van der Waals surface area contributed by atoms with Gasteiger partial charge in [0.2, 0.25) is 0 Å². The summed E-state index contributed by atoms with van der Waals surface area (Å²) in [6, 6.07) is 0. The van der Waals surface area contributed by atoms with Crippen LogP contribution in [-0.4, -0.2) is 44.2 Å². The van der Waals surface area contributed by atoms with Crippen LogP contribution in [0, 0.1) is 0 Å². The summed E-state index contributed by atoms with van der Waals surface area (Å²) in [6.45, 7) is 3.08. The summed E-state index contributed by atoms with van der Waals surface area (Å²) in [7, 11) is 0. The van der Waals surface area contributed by atoms with E-state index in [-0.39, 0.29) is 0 Å². The van der Waals surface area contributed by atoms with Crippen LogP contribution in [0.5, 0.6) is 0 Å². The molecule has 0 spiro atoms. The zero-order chi connectivity index (χ0) is 13.5. The van der Waals surface area contributed by atoms with Crippen molar-refractivity contribution in [2.75, 3.05) is 29.6 Å². The normalized spacial score (nSPS) is 11.1. The summed E-state index contributed by atoms with van der Waals surface area (Å²) in [5, 5.41) is 4.15. The number of unbranched alkanes of at least 4 members (excludes halogenated alkanes) is 1. The first-order valence-corrected chi connectivity index (χ1v) is 8.79. The molecule has 2 rings (SSSR count). The van der Waals surface area contributed by atoms with Gasteiger partial charge in [0.05, 0.1) is 6.33 Å². The molecule has 0 bridgehead atoms. The highest BCUT2D eigenvalue weighted by Gasteiger charge is 2.09. The molecule has 0 atom stereocenters. The van der Waals surface area contributed by atoms with Gasteiger partial charge in [-0.1, -0.05) is 25.1 Å². The lowest BCUT2D eigenvalue weighted by Gasteiger charge is -2.07. The number of rotatable bonds is 8. The number of imidazole rings is 1. The molecule has 0 fully saturated rings. The van der Waals surface area contributed by atoms with Crippen molar-refractivity contribution in [2.24, 2.45) is 0 Å². The summed E-state index contributed by atoms with van der Waals surface area (Å²) in [5.74, 6) is 2.96. The highest BCUT2D eigenvalue weighted by atomic mass is 32.2. The van der Waals surface area contributed by atoms with Gasteiger partial charge in [0, 0.05) is 18.1 Å². The average Bonchev–Trinajstić information content (AvgIpc) is 2.88. The number of H-pyrrole nitrogens is 1. The fourth-order valence-corrected chi connectivity index (χ4v) is 2.81. The number of thioether (sulfide) groups is 2. The van der Waals surface area contributed by atoms with Crippen LogP contribution in [0.15, 0.2) is 11.5 Å². The molecule has 5 nitrogen and oxygen atoms in total. The molecule has 0 saturated heterocycles. The van der Waals surface area contributed by atoms with E-state index < -0.39 is 0 Å². The summed E-state index contributed by atoms with van der Waals surface area (Å²) in [6.07, 6.45) is 6.14. The van der Waals surface area contributed by atoms with Gasteiger partial charge >= 0.3 is 0 Å². The van der Waals surface area contributed by atoms with Gasteiger partial charge in [0.1, 0.15) is 5.52 Å². The molecule has 104 valence electrons. The third-order valence-electron chi connectivity index (χ3n) is 2.59. The summed E-state index contributed by atoms with van der Waals surface area (Å²) >= 11 is 3.51. The van der Waals surface area contributed by atoms with Gasteiger partial charge in [-0.2, -0.15) is 11.8 Å². The second-order valence-corrected chi connectivity index (χ2v) is 6.13. The van der Waals surface area contributed by atoms with Gasteiger partial charge in [-0.05, 0) is 12.7 Å². The maximum atomic E-state index is 4.58. The zero-order valence-electron chi connectivity index (χ0n) is 11.3. The van der Waals surface area contributed by atoms with Crippen molar-refractivity contribution in [1.82, 2.24) is 19.9 Å². The fraction of sp³-hybridized carbons (Fsp3) is 0.583.